The number of nitrogens with zero attached hydrogens (tertiary/aromatic N) is 2. The van der Waals surface area contributed by atoms with Gasteiger partial charge in [0.2, 0.25) is 5.89 Å². The van der Waals surface area contributed by atoms with Gasteiger partial charge in [0, 0.05) is 35.6 Å². The van der Waals surface area contributed by atoms with Crippen molar-refractivity contribution in [2.45, 2.75) is 38.1 Å². The number of oxazole rings is 1. The lowest BCUT2D eigenvalue weighted by atomic mass is 10.1. The van der Waals surface area contributed by atoms with Gasteiger partial charge in [-0.3, -0.25) is 4.79 Å². The first-order chi connectivity index (χ1) is 12.5. The Labute approximate surface area is 155 Å². The standard InChI is InChI=1S/C19H21N3O3S/c1-11-5-4-6-14(9-11)18-21-16(13(3)25-18)10-26-19-20-12(2)15(7-8-23)17(24)22-19/h4-6,9,23H,7-8,10H2,1-3H3,(H,20,22,24). The molecule has 0 amide bonds. The number of aliphatic hydroxyl groups is 1. The first kappa shape index (κ1) is 18.4. The highest BCUT2D eigenvalue weighted by Crippen LogP contribution is 2.26. The van der Waals surface area contributed by atoms with Gasteiger partial charge in [-0.05, 0) is 32.9 Å². The van der Waals surface area contributed by atoms with Crippen molar-refractivity contribution in [3.8, 4) is 11.5 Å². The summed E-state index contributed by atoms with van der Waals surface area (Å²) in [6.45, 7) is 5.62. The van der Waals surface area contributed by atoms with Crippen LogP contribution in [0, 0.1) is 20.8 Å². The highest BCUT2D eigenvalue weighted by Gasteiger charge is 2.14. The first-order valence-electron chi connectivity index (χ1n) is 8.34. The Morgan fingerprint density at radius 1 is 1.23 bits per heavy atom. The van der Waals surface area contributed by atoms with E-state index in [1.165, 1.54) is 11.8 Å². The molecule has 1 aromatic carbocycles. The third-order valence-corrected chi connectivity index (χ3v) is 4.95. The molecule has 0 saturated carbocycles. The maximum absolute atomic E-state index is 12.1. The maximum Gasteiger partial charge on any atom is 0.255 e. The third kappa shape index (κ3) is 4.05. The van der Waals surface area contributed by atoms with Gasteiger partial charge in [0.1, 0.15) is 5.76 Å². The topological polar surface area (TPSA) is 92.0 Å². The minimum absolute atomic E-state index is 0.0715. The molecule has 0 atom stereocenters. The minimum Gasteiger partial charge on any atom is -0.441 e. The SMILES string of the molecule is Cc1cccc(-c2nc(CSc3nc(C)c(CCO)c(=O)[nH]3)c(C)o2)c1. The lowest BCUT2D eigenvalue weighted by Gasteiger charge is -2.05. The molecular formula is C19H21N3O3S. The molecule has 26 heavy (non-hydrogen) atoms. The van der Waals surface area contributed by atoms with E-state index in [-0.39, 0.29) is 12.2 Å². The van der Waals surface area contributed by atoms with Crippen LogP contribution in [-0.2, 0) is 12.2 Å². The van der Waals surface area contributed by atoms with E-state index in [0.717, 1.165) is 22.6 Å². The number of aryl methyl sites for hydroxylation is 3. The number of aliphatic hydroxyl groups excluding tert-OH is 1. The summed E-state index contributed by atoms with van der Waals surface area (Å²) in [5.74, 6) is 1.89. The van der Waals surface area contributed by atoms with Crippen molar-refractivity contribution in [3.63, 3.8) is 0 Å². The Bertz CT molecular complexity index is 978. The van der Waals surface area contributed by atoms with Crippen LogP contribution in [0.3, 0.4) is 0 Å². The van der Waals surface area contributed by atoms with Gasteiger partial charge < -0.3 is 14.5 Å². The van der Waals surface area contributed by atoms with Gasteiger partial charge >= 0.3 is 0 Å². The highest BCUT2D eigenvalue weighted by atomic mass is 32.2. The van der Waals surface area contributed by atoms with Crippen molar-refractivity contribution in [1.29, 1.82) is 0 Å². The lowest BCUT2D eigenvalue weighted by molar-refractivity contribution is 0.298. The van der Waals surface area contributed by atoms with Crippen molar-refractivity contribution in [1.82, 2.24) is 15.0 Å². The molecule has 0 spiro atoms. The zero-order valence-electron chi connectivity index (χ0n) is 15.0. The second-order valence-corrected chi connectivity index (χ2v) is 7.05. The predicted molar refractivity (Wildman–Crippen MR) is 101 cm³/mol. The molecule has 6 nitrogen and oxygen atoms in total. The Kier molecular flexibility index (Phi) is 5.58. The summed E-state index contributed by atoms with van der Waals surface area (Å²) in [5, 5.41) is 9.57. The van der Waals surface area contributed by atoms with E-state index in [4.69, 9.17) is 9.52 Å². The quantitative estimate of drug-likeness (QED) is 0.511. The smallest absolute Gasteiger partial charge is 0.255 e. The van der Waals surface area contributed by atoms with E-state index in [2.05, 4.69) is 15.0 Å². The molecule has 0 unspecified atom stereocenters. The van der Waals surface area contributed by atoms with Gasteiger partial charge in [0.05, 0.1) is 5.69 Å². The van der Waals surface area contributed by atoms with Crippen LogP contribution in [0.25, 0.3) is 11.5 Å². The summed E-state index contributed by atoms with van der Waals surface area (Å²) in [6, 6.07) is 8.01. The number of nitrogens with one attached hydrogen (secondary N) is 1. The second kappa shape index (κ2) is 7.88. The molecule has 0 radical (unpaired) electrons. The number of aromatic amines is 1. The number of aromatic nitrogens is 3. The van der Waals surface area contributed by atoms with Gasteiger partial charge in [-0.25, -0.2) is 9.97 Å². The number of rotatable bonds is 6. The molecule has 0 saturated heterocycles. The summed E-state index contributed by atoms with van der Waals surface area (Å²) in [7, 11) is 0. The van der Waals surface area contributed by atoms with Crippen LogP contribution >= 0.6 is 11.8 Å². The number of thioether (sulfide) groups is 1. The predicted octanol–water partition coefficient (Wildman–Crippen LogP) is 3.18. The summed E-state index contributed by atoms with van der Waals surface area (Å²) in [5.41, 5.74) is 3.88. The molecule has 0 aliphatic carbocycles. The van der Waals surface area contributed by atoms with Crippen molar-refractivity contribution < 1.29 is 9.52 Å². The van der Waals surface area contributed by atoms with Crippen LogP contribution < -0.4 is 5.56 Å². The molecule has 2 heterocycles. The van der Waals surface area contributed by atoms with E-state index in [1.54, 1.807) is 6.92 Å². The van der Waals surface area contributed by atoms with Crippen molar-refractivity contribution >= 4 is 11.8 Å². The zero-order valence-corrected chi connectivity index (χ0v) is 15.8. The van der Waals surface area contributed by atoms with Gasteiger partial charge in [-0.2, -0.15) is 0 Å². The molecule has 3 rings (SSSR count). The zero-order chi connectivity index (χ0) is 18.7. The van der Waals surface area contributed by atoms with Crippen LogP contribution in [0.1, 0.15) is 28.3 Å². The van der Waals surface area contributed by atoms with Crippen LogP contribution in [0.15, 0.2) is 38.6 Å². The monoisotopic (exact) mass is 371 g/mol. The fraction of sp³-hybridized carbons (Fsp3) is 0.316. The maximum atomic E-state index is 12.1. The average Bonchev–Trinajstić information content (AvgIpc) is 2.97. The van der Waals surface area contributed by atoms with Crippen LogP contribution in [0.5, 0.6) is 0 Å². The Hall–Kier alpha value is -2.38. The van der Waals surface area contributed by atoms with Crippen molar-refractivity contribution in [2.24, 2.45) is 0 Å². The van der Waals surface area contributed by atoms with Gasteiger partial charge in [0.25, 0.3) is 5.56 Å². The third-order valence-electron chi connectivity index (χ3n) is 4.07. The fourth-order valence-electron chi connectivity index (χ4n) is 2.66. The Balaban J connectivity index is 1.77. The van der Waals surface area contributed by atoms with Crippen molar-refractivity contribution in [2.75, 3.05) is 6.61 Å². The molecule has 0 aliphatic rings. The number of hydrogen-bond donors (Lipinski definition) is 2. The van der Waals surface area contributed by atoms with E-state index in [9.17, 15) is 4.79 Å². The van der Waals surface area contributed by atoms with Crippen molar-refractivity contribution in [3.05, 3.63) is 62.9 Å². The van der Waals surface area contributed by atoms with E-state index >= 15 is 0 Å². The lowest BCUT2D eigenvalue weighted by Crippen LogP contribution is -2.18. The van der Waals surface area contributed by atoms with Crippen LogP contribution in [0.2, 0.25) is 0 Å². The molecule has 0 bridgehead atoms. The van der Waals surface area contributed by atoms with Crippen LogP contribution in [0.4, 0.5) is 0 Å². The summed E-state index contributed by atoms with van der Waals surface area (Å²) < 4.78 is 5.80. The molecule has 136 valence electrons. The molecule has 2 aromatic heterocycles. The molecule has 3 aromatic rings. The molecular weight excluding hydrogens is 350 g/mol. The van der Waals surface area contributed by atoms with Crippen LogP contribution in [-0.4, -0.2) is 26.7 Å². The van der Waals surface area contributed by atoms with Gasteiger partial charge in [0.15, 0.2) is 5.16 Å². The van der Waals surface area contributed by atoms with E-state index in [0.29, 0.717) is 34.5 Å². The molecule has 0 fully saturated rings. The number of benzene rings is 1. The summed E-state index contributed by atoms with van der Waals surface area (Å²) >= 11 is 1.40. The van der Waals surface area contributed by atoms with Gasteiger partial charge in [-0.1, -0.05) is 29.5 Å². The highest BCUT2D eigenvalue weighted by molar-refractivity contribution is 7.98. The first-order valence-corrected chi connectivity index (χ1v) is 9.33. The van der Waals surface area contributed by atoms with E-state index in [1.807, 2.05) is 38.1 Å². The molecule has 7 heteroatoms. The number of H-pyrrole nitrogens is 1. The second-order valence-electron chi connectivity index (χ2n) is 6.09. The fourth-order valence-corrected chi connectivity index (χ4v) is 3.57. The Morgan fingerprint density at radius 2 is 2.04 bits per heavy atom. The van der Waals surface area contributed by atoms with E-state index < -0.39 is 0 Å². The molecule has 0 aliphatic heterocycles. The largest absolute Gasteiger partial charge is 0.441 e. The number of hydrogen-bond acceptors (Lipinski definition) is 6. The molecule has 2 N–H and O–H groups in total. The Morgan fingerprint density at radius 3 is 2.73 bits per heavy atom. The normalized spacial score (nSPS) is 11.1. The summed E-state index contributed by atoms with van der Waals surface area (Å²) in [6.07, 6.45) is 0.307. The average molecular weight is 371 g/mol. The van der Waals surface area contributed by atoms with Gasteiger partial charge in [-0.15, -0.1) is 0 Å². The summed E-state index contributed by atoms with van der Waals surface area (Å²) in [4.78, 5) is 23.9. The minimum atomic E-state index is -0.202.